The molecule has 0 radical (unpaired) electrons. The summed E-state index contributed by atoms with van der Waals surface area (Å²) in [6.07, 6.45) is 6.38. The Balaban J connectivity index is 2.76. The molecule has 0 bridgehead atoms. The molecule has 0 aromatic carbocycles. The molecule has 0 saturated carbocycles. The fraction of sp³-hybridized carbons (Fsp3) is 0.300. The van der Waals surface area contributed by atoms with Crippen LogP contribution in [0.2, 0.25) is 0 Å². The molecule has 11 heavy (non-hydrogen) atoms. The van der Waals surface area contributed by atoms with Gasteiger partial charge in [-0.3, -0.25) is 4.99 Å². The van der Waals surface area contributed by atoms with Crippen LogP contribution in [-0.2, 0) is 0 Å². The van der Waals surface area contributed by atoms with Crippen LogP contribution in [0.25, 0.3) is 0 Å². The quantitative estimate of drug-likeness (QED) is 0.532. The van der Waals surface area contributed by atoms with Crippen molar-refractivity contribution in [3.05, 3.63) is 35.6 Å². The molecular formula is C10H13N. The van der Waals surface area contributed by atoms with E-state index in [1.54, 1.807) is 0 Å². The number of nitrogens with zero attached hydrogens (tertiary/aromatic N) is 1. The molecule has 0 aromatic rings. The molecule has 0 aromatic heterocycles. The van der Waals surface area contributed by atoms with Crippen molar-refractivity contribution in [2.45, 2.75) is 19.8 Å². The third-order valence-corrected chi connectivity index (χ3v) is 1.92. The summed E-state index contributed by atoms with van der Waals surface area (Å²) in [6, 6.07) is 0. The minimum atomic E-state index is 0.814. The SMILES string of the molecule is C=NC(=C)C1=CC=C(C)CC1. The van der Waals surface area contributed by atoms with Gasteiger partial charge in [0.1, 0.15) is 0 Å². The van der Waals surface area contributed by atoms with E-state index >= 15 is 0 Å². The molecule has 1 heteroatoms. The van der Waals surface area contributed by atoms with E-state index in [0.717, 1.165) is 18.5 Å². The van der Waals surface area contributed by atoms with Crippen molar-refractivity contribution in [2.75, 3.05) is 0 Å². The highest BCUT2D eigenvalue weighted by Crippen LogP contribution is 2.22. The van der Waals surface area contributed by atoms with Gasteiger partial charge in [-0.05, 0) is 32.1 Å². The van der Waals surface area contributed by atoms with E-state index in [9.17, 15) is 0 Å². The van der Waals surface area contributed by atoms with E-state index in [-0.39, 0.29) is 0 Å². The Bertz CT molecular complexity index is 244. The van der Waals surface area contributed by atoms with Gasteiger partial charge in [-0.1, -0.05) is 24.3 Å². The summed E-state index contributed by atoms with van der Waals surface area (Å²) in [5.41, 5.74) is 3.45. The molecule has 0 spiro atoms. The van der Waals surface area contributed by atoms with Gasteiger partial charge in [0.05, 0.1) is 5.70 Å². The first-order valence-electron chi connectivity index (χ1n) is 3.76. The summed E-state index contributed by atoms with van der Waals surface area (Å²) in [5, 5.41) is 0. The number of hydrogen-bond acceptors (Lipinski definition) is 1. The Morgan fingerprint density at radius 1 is 1.45 bits per heavy atom. The largest absolute Gasteiger partial charge is 0.265 e. The third kappa shape index (κ3) is 1.90. The Labute approximate surface area is 67.8 Å². The zero-order valence-corrected chi connectivity index (χ0v) is 6.93. The molecule has 0 heterocycles. The van der Waals surface area contributed by atoms with Gasteiger partial charge >= 0.3 is 0 Å². The van der Waals surface area contributed by atoms with E-state index in [0.29, 0.717) is 0 Å². The van der Waals surface area contributed by atoms with Crippen molar-refractivity contribution >= 4 is 6.72 Å². The van der Waals surface area contributed by atoms with Crippen LogP contribution in [0.5, 0.6) is 0 Å². The molecule has 0 saturated heterocycles. The zero-order chi connectivity index (χ0) is 8.27. The highest BCUT2D eigenvalue weighted by Gasteiger charge is 2.04. The molecule has 0 N–H and O–H groups in total. The fourth-order valence-electron chi connectivity index (χ4n) is 1.08. The molecule has 1 nitrogen and oxygen atoms in total. The summed E-state index contributed by atoms with van der Waals surface area (Å²) in [4.78, 5) is 3.80. The van der Waals surface area contributed by atoms with E-state index < -0.39 is 0 Å². The fourth-order valence-corrected chi connectivity index (χ4v) is 1.08. The van der Waals surface area contributed by atoms with E-state index in [1.807, 2.05) is 0 Å². The number of aliphatic imine (C=N–C) groups is 1. The first-order chi connectivity index (χ1) is 5.24. The highest BCUT2D eigenvalue weighted by molar-refractivity contribution is 5.40. The van der Waals surface area contributed by atoms with Gasteiger partial charge in [0.15, 0.2) is 0 Å². The Kier molecular flexibility index (Phi) is 2.42. The maximum atomic E-state index is 3.80. The van der Waals surface area contributed by atoms with Crippen molar-refractivity contribution in [1.29, 1.82) is 0 Å². The second-order valence-electron chi connectivity index (χ2n) is 2.81. The van der Waals surface area contributed by atoms with Crippen LogP contribution in [0, 0.1) is 0 Å². The van der Waals surface area contributed by atoms with E-state index in [2.05, 4.69) is 37.4 Å². The summed E-state index contributed by atoms with van der Waals surface area (Å²) in [5.74, 6) is 0. The van der Waals surface area contributed by atoms with Crippen molar-refractivity contribution in [1.82, 2.24) is 0 Å². The third-order valence-electron chi connectivity index (χ3n) is 1.92. The van der Waals surface area contributed by atoms with Crippen LogP contribution in [0.4, 0.5) is 0 Å². The van der Waals surface area contributed by atoms with Gasteiger partial charge in [-0.15, -0.1) is 0 Å². The Hall–Kier alpha value is -1.11. The summed E-state index contributed by atoms with van der Waals surface area (Å²) < 4.78 is 0. The first-order valence-corrected chi connectivity index (χ1v) is 3.76. The zero-order valence-electron chi connectivity index (χ0n) is 6.93. The molecule has 0 atom stereocenters. The van der Waals surface area contributed by atoms with Crippen molar-refractivity contribution < 1.29 is 0 Å². The standard InChI is InChI=1S/C10H13N/c1-8-4-6-10(7-5-8)9(2)11-3/h4,6H,2-3,5,7H2,1H3. The molecule has 0 fully saturated rings. The van der Waals surface area contributed by atoms with Crippen LogP contribution in [0.1, 0.15) is 19.8 Å². The highest BCUT2D eigenvalue weighted by atomic mass is 14.7. The van der Waals surface area contributed by atoms with Crippen LogP contribution >= 0.6 is 0 Å². The minimum absolute atomic E-state index is 0.814. The van der Waals surface area contributed by atoms with Crippen molar-refractivity contribution in [2.24, 2.45) is 4.99 Å². The lowest BCUT2D eigenvalue weighted by Gasteiger charge is -2.10. The molecule has 1 aliphatic carbocycles. The number of rotatable bonds is 2. The molecule has 0 aliphatic heterocycles. The van der Waals surface area contributed by atoms with Gasteiger partial charge in [0.25, 0.3) is 0 Å². The molecule has 58 valence electrons. The normalized spacial score (nSPS) is 16.8. The average Bonchev–Trinajstić information content (AvgIpc) is 2.05. The molecule has 1 rings (SSSR count). The van der Waals surface area contributed by atoms with Crippen molar-refractivity contribution in [3.63, 3.8) is 0 Å². The number of hydrogen-bond donors (Lipinski definition) is 0. The van der Waals surface area contributed by atoms with Gasteiger partial charge in [0, 0.05) is 0 Å². The molecule has 1 aliphatic rings. The van der Waals surface area contributed by atoms with Gasteiger partial charge in [0.2, 0.25) is 0 Å². The lowest BCUT2D eigenvalue weighted by Crippen LogP contribution is -1.91. The second kappa shape index (κ2) is 3.33. The van der Waals surface area contributed by atoms with Gasteiger partial charge in [-0.25, -0.2) is 0 Å². The Morgan fingerprint density at radius 3 is 2.64 bits per heavy atom. The molecule has 0 unspecified atom stereocenters. The first kappa shape index (κ1) is 7.99. The van der Waals surface area contributed by atoms with Crippen LogP contribution < -0.4 is 0 Å². The predicted octanol–water partition coefficient (Wildman–Crippen LogP) is 2.87. The topological polar surface area (TPSA) is 12.4 Å². The summed E-state index contributed by atoms with van der Waals surface area (Å²) in [6.45, 7) is 9.38. The average molecular weight is 147 g/mol. The maximum absolute atomic E-state index is 3.80. The lowest BCUT2D eigenvalue weighted by atomic mass is 9.98. The maximum Gasteiger partial charge on any atom is 0.0582 e. The van der Waals surface area contributed by atoms with Crippen LogP contribution in [0.3, 0.4) is 0 Å². The smallest absolute Gasteiger partial charge is 0.0582 e. The minimum Gasteiger partial charge on any atom is -0.265 e. The predicted molar refractivity (Wildman–Crippen MR) is 49.8 cm³/mol. The summed E-state index contributed by atoms with van der Waals surface area (Å²) in [7, 11) is 0. The Morgan fingerprint density at radius 2 is 2.18 bits per heavy atom. The van der Waals surface area contributed by atoms with Crippen molar-refractivity contribution in [3.8, 4) is 0 Å². The van der Waals surface area contributed by atoms with Gasteiger partial charge < -0.3 is 0 Å². The summed E-state index contributed by atoms with van der Waals surface area (Å²) >= 11 is 0. The number of allylic oxidation sites excluding steroid dienone is 4. The lowest BCUT2D eigenvalue weighted by molar-refractivity contribution is 0.910. The van der Waals surface area contributed by atoms with Crippen LogP contribution in [-0.4, -0.2) is 6.72 Å². The molecular weight excluding hydrogens is 134 g/mol. The van der Waals surface area contributed by atoms with Gasteiger partial charge in [-0.2, -0.15) is 0 Å². The second-order valence-corrected chi connectivity index (χ2v) is 2.81. The van der Waals surface area contributed by atoms with E-state index in [4.69, 9.17) is 0 Å². The molecule has 0 amide bonds. The van der Waals surface area contributed by atoms with Crippen LogP contribution in [0.15, 0.2) is 40.6 Å². The van der Waals surface area contributed by atoms with E-state index in [1.165, 1.54) is 11.1 Å². The monoisotopic (exact) mass is 147 g/mol.